The minimum Gasteiger partial charge on any atom is -0.394 e. The fourth-order valence-corrected chi connectivity index (χ4v) is 2.95. The standard InChI is InChI=1S/C17H14F2N4O2S/c1-9(16(24)21-10-4-5-11(18)12(19)7-10)23-17(25)13(20)8-14(22-23)15-3-2-6-26-15/h2-9H,20H2,1H3,(H,21,24). The second kappa shape index (κ2) is 7.04. The highest BCUT2D eigenvalue weighted by atomic mass is 32.1. The van der Waals surface area contributed by atoms with Crippen LogP contribution in [0.15, 0.2) is 46.6 Å². The van der Waals surface area contributed by atoms with Crippen LogP contribution in [0.2, 0.25) is 0 Å². The van der Waals surface area contributed by atoms with E-state index in [9.17, 15) is 18.4 Å². The molecule has 0 fully saturated rings. The second-order valence-electron chi connectivity index (χ2n) is 5.51. The summed E-state index contributed by atoms with van der Waals surface area (Å²) in [5.74, 6) is -2.73. The lowest BCUT2D eigenvalue weighted by Crippen LogP contribution is -2.34. The fraction of sp³-hybridized carbons (Fsp3) is 0.118. The van der Waals surface area contributed by atoms with Crippen molar-refractivity contribution in [2.24, 2.45) is 0 Å². The van der Waals surface area contributed by atoms with Crippen LogP contribution < -0.4 is 16.6 Å². The summed E-state index contributed by atoms with van der Waals surface area (Å²) < 4.78 is 27.2. The minimum absolute atomic E-state index is 0.0455. The van der Waals surface area contributed by atoms with Crippen molar-refractivity contribution in [1.29, 1.82) is 0 Å². The Morgan fingerprint density at radius 2 is 2.04 bits per heavy atom. The molecule has 1 unspecified atom stereocenters. The van der Waals surface area contributed by atoms with Gasteiger partial charge in [0.25, 0.3) is 5.56 Å². The lowest BCUT2D eigenvalue weighted by molar-refractivity contribution is -0.119. The molecule has 134 valence electrons. The quantitative estimate of drug-likeness (QED) is 0.732. The number of nitrogens with zero attached hydrogens (tertiary/aromatic N) is 2. The molecule has 0 saturated carbocycles. The third kappa shape index (κ3) is 3.47. The van der Waals surface area contributed by atoms with E-state index < -0.39 is 29.1 Å². The van der Waals surface area contributed by atoms with Crippen LogP contribution in [0.5, 0.6) is 0 Å². The second-order valence-corrected chi connectivity index (χ2v) is 6.45. The van der Waals surface area contributed by atoms with Crippen molar-refractivity contribution in [3.63, 3.8) is 0 Å². The predicted octanol–water partition coefficient (Wildman–Crippen LogP) is 3.03. The maximum Gasteiger partial charge on any atom is 0.290 e. The van der Waals surface area contributed by atoms with Crippen LogP contribution in [-0.4, -0.2) is 15.7 Å². The fourth-order valence-electron chi connectivity index (χ4n) is 2.27. The number of rotatable bonds is 4. The van der Waals surface area contributed by atoms with Gasteiger partial charge in [0, 0.05) is 11.8 Å². The van der Waals surface area contributed by atoms with Crippen molar-refractivity contribution in [2.45, 2.75) is 13.0 Å². The molecule has 0 saturated heterocycles. The Balaban J connectivity index is 1.91. The Hall–Kier alpha value is -3.07. The molecule has 6 nitrogen and oxygen atoms in total. The number of nitrogens with one attached hydrogen (secondary N) is 1. The van der Waals surface area contributed by atoms with Gasteiger partial charge in [0.1, 0.15) is 17.4 Å². The van der Waals surface area contributed by atoms with Crippen molar-refractivity contribution in [1.82, 2.24) is 9.78 Å². The van der Waals surface area contributed by atoms with E-state index in [1.54, 1.807) is 0 Å². The molecule has 0 spiro atoms. The van der Waals surface area contributed by atoms with E-state index in [0.717, 1.165) is 21.7 Å². The molecule has 0 bridgehead atoms. The van der Waals surface area contributed by atoms with Crippen molar-refractivity contribution in [2.75, 3.05) is 11.1 Å². The van der Waals surface area contributed by atoms with Crippen molar-refractivity contribution >= 4 is 28.6 Å². The van der Waals surface area contributed by atoms with Gasteiger partial charge < -0.3 is 11.1 Å². The van der Waals surface area contributed by atoms with E-state index in [4.69, 9.17) is 5.73 Å². The van der Waals surface area contributed by atoms with Crippen LogP contribution in [0.25, 0.3) is 10.6 Å². The van der Waals surface area contributed by atoms with Crippen molar-refractivity contribution < 1.29 is 13.6 Å². The molecule has 3 aromatic rings. The zero-order valence-corrected chi connectivity index (χ0v) is 14.4. The van der Waals surface area contributed by atoms with Crippen LogP contribution in [0.1, 0.15) is 13.0 Å². The first-order chi connectivity index (χ1) is 12.4. The molecular weight excluding hydrogens is 362 g/mol. The lowest BCUT2D eigenvalue weighted by atomic mass is 10.2. The third-order valence-corrected chi connectivity index (χ3v) is 4.56. The van der Waals surface area contributed by atoms with Crippen molar-refractivity contribution in [3.05, 3.63) is 63.8 Å². The number of hydrogen-bond donors (Lipinski definition) is 2. The van der Waals surface area contributed by atoms with Gasteiger partial charge in [0.05, 0.1) is 4.88 Å². The number of halogens is 2. The Labute approximate surface area is 150 Å². The summed E-state index contributed by atoms with van der Waals surface area (Å²) in [5.41, 5.74) is 5.63. The van der Waals surface area contributed by atoms with E-state index in [2.05, 4.69) is 10.4 Å². The number of thiophene rings is 1. The molecule has 2 aromatic heterocycles. The molecule has 0 aliphatic heterocycles. The predicted molar refractivity (Wildman–Crippen MR) is 95.9 cm³/mol. The largest absolute Gasteiger partial charge is 0.394 e. The van der Waals surface area contributed by atoms with Gasteiger partial charge >= 0.3 is 0 Å². The van der Waals surface area contributed by atoms with Crippen LogP contribution in [0, 0.1) is 11.6 Å². The molecule has 1 atom stereocenters. The van der Waals surface area contributed by atoms with Gasteiger partial charge in [0.2, 0.25) is 5.91 Å². The minimum atomic E-state index is -1.09. The van der Waals surface area contributed by atoms with Gasteiger partial charge in [-0.3, -0.25) is 9.59 Å². The van der Waals surface area contributed by atoms with Crippen LogP contribution in [0.3, 0.4) is 0 Å². The van der Waals surface area contributed by atoms with E-state index in [0.29, 0.717) is 5.69 Å². The Morgan fingerprint density at radius 3 is 2.69 bits per heavy atom. The van der Waals surface area contributed by atoms with Crippen LogP contribution in [0.4, 0.5) is 20.2 Å². The average Bonchev–Trinajstić information content (AvgIpc) is 3.14. The van der Waals surface area contributed by atoms with Gasteiger partial charge in [-0.2, -0.15) is 5.10 Å². The summed E-state index contributed by atoms with van der Waals surface area (Å²) in [6, 6.07) is 7.04. The van der Waals surface area contributed by atoms with Gasteiger partial charge in [-0.1, -0.05) is 6.07 Å². The molecule has 1 amide bonds. The van der Waals surface area contributed by atoms with Gasteiger partial charge in [-0.25, -0.2) is 13.5 Å². The zero-order valence-electron chi connectivity index (χ0n) is 13.6. The highest BCUT2D eigenvalue weighted by Gasteiger charge is 2.20. The monoisotopic (exact) mass is 376 g/mol. The summed E-state index contributed by atoms with van der Waals surface area (Å²) >= 11 is 1.41. The number of nitrogens with two attached hydrogens (primary N) is 1. The Morgan fingerprint density at radius 1 is 1.27 bits per heavy atom. The zero-order chi connectivity index (χ0) is 18.8. The molecule has 0 aliphatic rings. The number of carbonyl (C=O) groups excluding carboxylic acids is 1. The van der Waals surface area contributed by atoms with E-state index in [-0.39, 0.29) is 11.4 Å². The third-order valence-electron chi connectivity index (χ3n) is 3.67. The highest BCUT2D eigenvalue weighted by Crippen LogP contribution is 2.23. The Kier molecular flexibility index (Phi) is 4.81. The topological polar surface area (TPSA) is 90.0 Å². The summed E-state index contributed by atoms with van der Waals surface area (Å²) in [4.78, 5) is 25.5. The first-order valence-electron chi connectivity index (χ1n) is 7.56. The lowest BCUT2D eigenvalue weighted by Gasteiger charge is -2.15. The first-order valence-corrected chi connectivity index (χ1v) is 8.44. The maximum atomic E-state index is 13.3. The van der Waals surface area contributed by atoms with Gasteiger partial charge in [-0.15, -0.1) is 11.3 Å². The molecule has 3 N–H and O–H groups in total. The number of amides is 1. The number of hydrogen-bond acceptors (Lipinski definition) is 5. The van der Waals surface area contributed by atoms with E-state index in [1.807, 2.05) is 17.5 Å². The summed E-state index contributed by atoms with van der Waals surface area (Å²) in [6.45, 7) is 1.46. The number of carbonyl (C=O) groups is 1. The van der Waals surface area contributed by atoms with Crippen LogP contribution in [-0.2, 0) is 4.79 Å². The molecule has 9 heteroatoms. The smallest absolute Gasteiger partial charge is 0.290 e. The highest BCUT2D eigenvalue weighted by molar-refractivity contribution is 7.13. The molecule has 0 radical (unpaired) electrons. The van der Waals surface area contributed by atoms with Crippen molar-refractivity contribution in [3.8, 4) is 10.6 Å². The number of aromatic nitrogens is 2. The van der Waals surface area contributed by atoms with Crippen LogP contribution >= 0.6 is 11.3 Å². The van der Waals surface area contributed by atoms with Gasteiger partial charge in [0.15, 0.2) is 11.6 Å². The summed E-state index contributed by atoms with van der Waals surface area (Å²) in [7, 11) is 0. The van der Waals surface area contributed by atoms with E-state index >= 15 is 0 Å². The molecule has 0 aliphatic carbocycles. The Bertz CT molecular complexity index is 1020. The van der Waals surface area contributed by atoms with E-state index in [1.165, 1.54) is 30.4 Å². The molecule has 1 aromatic carbocycles. The first kappa shape index (κ1) is 17.7. The summed E-state index contributed by atoms with van der Waals surface area (Å²) in [6.07, 6.45) is 0. The molecule has 3 rings (SSSR count). The molecule has 2 heterocycles. The normalized spacial score (nSPS) is 12.0. The molecular formula is C17H14F2N4O2S. The summed E-state index contributed by atoms with van der Waals surface area (Å²) in [5, 5.41) is 8.48. The van der Waals surface area contributed by atoms with Gasteiger partial charge in [-0.05, 0) is 36.6 Å². The number of benzene rings is 1. The molecule has 26 heavy (non-hydrogen) atoms. The maximum absolute atomic E-state index is 13.3. The number of anilines is 2. The SMILES string of the molecule is CC(C(=O)Nc1ccc(F)c(F)c1)n1nc(-c2cccs2)cc(N)c1=O. The average molecular weight is 376 g/mol. The number of nitrogen functional groups attached to an aromatic ring is 1.